The van der Waals surface area contributed by atoms with Crippen LogP contribution in [0.4, 0.5) is 13.2 Å². The molecule has 0 N–H and O–H groups in total. The molecular formula is C13H16F3N. The molecular weight excluding hydrogens is 227 g/mol. The fourth-order valence-electron chi connectivity index (χ4n) is 1.44. The second-order valence-electron chi connectivity index (χ2n) is 5.14. The van der Waals surface area contributed by atoms with Gasteiger partial charge in [-0.15, -0.1) is 0 Å². The number of allylic oxidation sites excluding steroid dienone is 1. The first-order valence-corrected chi connectivity index (χ1v) is 5.27. The van der Waals surface area contributed by atoms with Gasteiger partial charge in [0.15, 0.2) is 0 Å². The van der Waals surface area contributed by atoms with Crippen LogP contribution >= 0.6 is 0 Å². The molecule has 94 valence electrons. The van der Waals surface area contributed by atoms with Crippen LogP contribution in [0, 0.1) is 0 Å². The highest BCUT2D eigenvalue weighted by Gasteiger charge is 2.35. The zero-order chi connectivity index (χ0) is 13.4. The maximum absolute atomic E-state index is 12.9. The number of halogens is 3. The molecule has 1 aromatic heterocycles. The van der Waals surface area contributed by atoms with Crippen LogP contribution in [0.1, 0.15) is 44.5 Å². The number of nitrogens with zero attached hydrogens (tertiary/aromatic N) is 1. The summed E-state index contributed by atoms with van der Waals surface area (Å²) in [5, 5.41) is 0. The molecule has 0 unspecified atom stereocenters. The van der Waals surface area contributed by atoms with E-state index in [9.17, 15) is 13.2 Å². The van der Waals surface area contributed by atoms with Crippen LogP contribution in [0.5, 0.6) is 0 Å². The Kier molecular flexibility index (Phi) is 3.37. The molecule has 0 aliphatic carbocycles. The quantitative estimate of drug-likeness (QED) is 0.711. The molecule has 0 bridgehead atoms. The van der Waals surface area contributed by atoms with Gasteiger partial charge >= 0.3 is 6.18 Å². The van der Waals surface area contributed by atoms with Crippen LogP contribution in [0.15, 0.2) is 18.8 Å². The number of aromatic nitrogens is 1. The normalized spacial score (nSPS) is 12.6. The third kappa shape index (κ3) is 3.08. The largest absolute Gasteiger partial charge is 0.417 e. The maximum atomic E-state index is 12.9. The summed E-state index contributed by atoms with van der Waals surface area (Å²) in [6.45, 7) is 10.6. The first-order chi connectivity index (χ1) is 7.53. The lowest BCUT2D eigenvalue weighted by Crippen LogP contribution is -2.17. The van der Waals surface area contributed by atoms with E-state index >= 15 is 0 Å². The van der Waals surface area contributed by atoms with Gasteiger partial charge in [-0.1, -0.05) is 27.4 Å². The predicted octanol–water partition coefficient (Wildman–Crippen LogP) is 4.43. The molecule has 0 saturated heterocycles. The summed E-state index contributed by atoms with van der Waals surface area (Å²) < 4.78 is 38.7. The molecule has 4 heteroatoms. The zero-order valence-corrected chi connectivity index (χ0v) is 10.4. The summed E-state index contributed by atoms with van der Waals surface area (Å²) in [4.78, 5) is 4.08. The lowest BCUT2D eigenvalue weighted by Gasteiger charge is -2.21. The molecule has 1 nitrogen and oxygen atoms in total. The van der Waals surface area contributed by atoms with Gasteiger partial charge in [-0.05, 0) is 18.6 Å². The molecule has 0 saturated carbocycles. The Hall–Kier alpha value is -1.32. The van der Waals surface area contributed by atoms with Crippen molar-refractivity contribution in [1.29, 1.82) is 0 Å². The molecule has 1 rings (SSSR count). The van der Waals surface area contributed by atoms with Gasteiger partial charge in [0, 0.05) is 22.9 Å². The van der Waals surface area contributed by atoms with Gasteiger partial charge in [0.25, 0.3) is 0 Å². The molecule has 0 aromatic carbocycles. The third-order valence-electron chi connectivity index (χ3n) is 2.44. The Morgan fingerprint density at radius 3 is 2.12 bits per heavy atom. The number of pyridine rings is 1. The lowest BCUT2D eigenvalue weighted by atomic mass is 9.89. The van der Waals surface area contributed by atoms with Crippen molar-refractivity contribution in [1.82, 2.24) is 4.98 Å². The van der Waals surface area contributed by atoms with Crippen LogP contribution < -0.4 is 0 Å². The van der Waals surface area contributed by atoms with E-state index in [0.29, 0.717) is 11.3 Å². The monoisotopic (exact) mass is 243 g/mol. The highest BCUT2D eigenvalue weighted by atomic mass is 19.4. The van der Waals surface area contributed by atoms with Crippen LogP contribution in [-0.2, 0) is 11.6 Å². The summed E-state index contributed by atoms with van der Waals surface area (Å²) in [6.07, 6.45) is -3.12. The topological polar surface area (TPSA) is 12.9 Å². The van der Waals surface area contributed by atoms with Crippen molar-refractivity contribution in [3.63, 3.8) is 0 Å². The molecule has 0 fully saturated rings. The Labute approximate surface area is 99.4 Å². The fourth-order valence-corrected chi connectivity index (χ4v) is 1.44. The van der Waals surface area contributed by atoms with Gasteiger partial charge in [0.1, 0.15) is 0 Å². The maximum Gasteiger partial charge on any atom is 0.417 e. The van der Waals surface area contributed by atoms with Crippen molar-refractivity contribution in [2.75, 3.05) is 0 Å². The standard InChI is InChI=1S/C13H16F3N/c1-8(2)9-7-17-11(12(3,4)5)6-10(9)13(14,15)16/h6-7H,1H2,2-5H3. The Morgan fingerprint density at radius 1 is 1.24 bits per heavy atom. The van der Waals surface area contributed by atoms with Crippen molar-refractivity contribution >= 4 is 5.57 Å². The molecule has 0 aliphatic rings. The molecule has 0 aliphatic heterocycles. The Morgan fingerprint density at radius 2 is 1.76 bits per heavy atom. The minimum absolute atomic E-state index is 0.0606. The number of alkyl halides is 3. The van der Waals surface area contributed by atoms with E-state index in [1.54, 1.807) is 6.92 Å². The molecule has 0 amide bonds. The molecule has 1 heterocycles. The minimum Gasteiger partial charge on any atom is -0.260 e. The molecule has 1 aromatic rings. The molecule has 0 spiro atoms. The SMILES string of the molecule is C=C(C)c1cnc(C(C)(C)C)cc1C(F)(F)F. The number of hydrogen-bond acceptors (Lipinski definition) is 1. The van der Waals surface area contributed by atoms with E-state index in [1.165, 1.54) is 6.20 Å². The van der Waals surface area contributed by atoms with Crippen LogP contribution in [0.3, 0.4) is 0 Å². The third-order valence-corrected chi connectivity index (χ3v) is 2.44. The van der Waals surface area contributed by atoms with E-state index in [4.69, 9.17) is 0 Å². The Balaban J connectivity index is 3.46. The average Bonchev–Trinajstić information content (AvgIpc) is 2.14. The first-order valence-electron chi connectivity index (χ1n) is 5.27. The Bertz CT molecular complexity index is 439. The molecule has 0 atom stereocenters. The van der Waals surface area contributed by atoms with Gasteiger partial charge < -0.3 is 0 Å². The second kappa shape index (κ2) is 4.17. The minimum atomic E-state index is -4.38. The predicted molar refractivity (Wildman–Crippen MR) is 62.6 cm³/mol. The zero-order valence-electron chi connectivity index (χ0n) is 10.4. The summed E-state index contributed by atoms with van der Waals surface area (Å²) in [5.41, 5.74) is -0.219. The van der Waals surface area contributed by atoms with Gasteiger partial charge in [-0.2, -0.15) is 13.2 Å². The van der Waals surface area contributed by atoms with Gasteiger partial charge in [0.2, 0.25) is 0 Å². The van der Waals surface area contributed by atoms with Gasteiger partial charge in [0.05, 0.1) is 5.56 Å². The summed E-state index contributed by atoms with van der Waals surface area (Å²) in [5.74, 6) is 0. The summed E-state index contributed by atoms with van der Waals surface area (Å²) in [7, 11) is 0. The number of rotatable bonds is 1. The van der Waals surface area contributed by atoms with Crippen LogP contribution in [0.25, 0.3) is 5.57 Å². The van der Waals surface area contributed by atoms with Crippen LogP contribution in [0.2, 0.25) is 0 Å². The van der Waals surface area contributed by atoms with E-state index in [-0.39, 0.29) is 5.56 Å². The smallest absolute Gasteiger partial charge is 0.260 e. The van der Waals surface area contributed by atoms with E-state index in [1.807, 2.05) is 20.8 Å². The summed E-state index contributed by atoms with van der Waals surface area (Å²) >= 11 is 0. The fraction of sp³-hybridized carbons (Fsp3) is 0.462. The van der Waals surface area contributed by atoms with Crippen LogP contribution in [-0.4, -0.2) is 4.98 Å². The van der Waals surface area contributed by atoms with Crippen molar-refractivity contribution in [2.45, 2.75) is 39.3 Å². The van der Waals surface area contributed by atoms with E-state index in [2.05, 4.69) is 11.6 Å². The lowest BCUT2D eigenvalue weighted by molar-refractivity contribution is -0.137. The molecule has 0 radical (unpaired) electrons. The average molecular weight is 243 g/mol. The number of hydrogen-bond donors (Lipinski definition) is 0. The first kappa shape index (κ1) is 13.7. The van der Waals surface area contributed by atoms with Crippen molar-refractivity contribution in [2.24, 2.45) is 0 Å². The molecule has 17 heavy (non-hydrogen) atoms. The van der Waals surface area contributed by atoms with Crippen molar-refractivity contribution in [3.05, 3.63) is 35.7 Å². The highest BCUT2D eigenvalue weighted by molar-refractivity contribution is 5.64. The van der Waals surface area contributed by atoms with Crippen molar-refractivity contribution < 1.29 is 13.2 Å². The van der Waals surface area contributed by atoms with Gasteiger partial charge in [-0.25, -0.2) is 0 Å². The second-order valence-corrected chi connectivity index (χ2v) is 5.14. The summed E-state index contributed by atoms with van der Waals surface area (Å²) in [6, 6.07) is 1.12. The van der Waals surface area contributed by atoms with E-state index < -0.39 is 17.2 Å². The highest BCUT2D eigenvalue weighted by Crippen LogP contribution is 2.36. The van der Waals surface area contributed by atoms with E-state index in [0.717, 1.165) is 6.07 Å². The van der Waals surface area contributed by atoms with Gasteiger partial charge in [-0.3, -0.25) is 4.98 Å². The van der Waals surface area contributed by atoms with Crippen molar-refractivity contribution in [3.8, 4) is 0 Å².